The second-order valence-corrected chi connectivity index (χ2v) is 8.37. The number of amides is 1. The van der Waals surface area contributed by atoms with E-state index in [-0.39, 0.29) is 17.3 Å². The molecule has 1 aromatic heterocycles. The van der Waals surface area contributed by atoms with E-state index in [1.54, 1.807) is 6.07 Å². The van der Waals surface area contributed by atoms with E-state index >= 15 is 0 Å². The third-order valence-electron chi connectivity index (χ3n) is 5.67. The van der Waals surface area contributed by atoms with Gasteiger partial charge < -0.3 is 20.3 Å². The van der Waals surface area contributed by atoms with E-state index in [1.807, 2.05) is 5.32 Å². The normalized spacial score (nSPS) is 13.9. The zero-order valence-electron chi connectivity index (χ0n) is 19.4. The molecule has 2 aromatic carbocycles. The van der Waals surface area contributed by atoms with Crippen molar-refractivity contribution in [2.75, 3.05) is 36.9 Å². The number of nitrogens with one attached hydrogen (secondary N) is 2. The minimum atomic E-state index is -1.25. The number of halogens is 4. The van der Waals surface area contributed by atoms with Crippen molar-refractivity contribution in [3.63, 3.8) is 0 Å². The summed E-state index contributed by atoms with van der Waals surface area (Å²) in [5.74, 6) is -4.83. The van der Waals surface area contributed by atoms with Gasteiger partial charge >= 0.3 is 0 Å². The summed E-state index contributed by atoms with van der Waals surface area (Å²) in [6, 6.07) is 5.25. The van der Waals surface area contributed by atoms with Crippen molar-refractivity contribution < 1.29 is 27.1 Å². The second kappa shape index (κ2) is 11.8. The molecule has 7 nitrogen and oxygen atoms in total. The molecule has 11 heteroatoms. The Morgan fingerprint density at radius 1 is 0.944 bits per heavy atom. The molecular formula is C25H25F4N5O2. The third kappa shape index (κ3) is 6.69. The molecule has 1 aliphatic heterocycles. The van der Waals surface area contributed by atoms with E-state index in [9.17, 15) is 22.4 Å². The Bertz CT molecular complexity index is 1180. The zero-order chi connectivity index (χ0) is 25.5. The summed E-state index contributed by atoms with van der Waals surface area (Å²) >= 11 is 0. The first kappa shape index (κ1) is 25.4. The molecule has 2 N–H and O–H groups in total. The van der Waals surface area contributed by atoms with Crippen LogP contribution in [-0.2, 0) is 0 Å². The molecule has 1 fully saturated rings. The number of carbonyl (C=O) groups excluding carboxylic acids is 1. The van der Waals surface area contributed by atoms with Crippen LogP contribution >= 0.6 is 0 Å². The molecule has 0 aliphatic carbocycles. The number of ether oxygens (including phenoxy) is 1. The van der Waals surface area contributed by atoms with Gasteiger partial charge in [-0.3, -0.25) is 4.79 Å². The van der Waals surface area contributed by atoms with Crippen LogP contribution in [0.25, 0.3) is 0 Å². The van der Waals surface area contributed by atoms with Crippen LogP contribution in [0.15, 0.2) is 42.7 Å². The lowest BCUT2D eigenvalue weighted by Gasteiger charge is -2.26. The molecule has 0 saturated carbocycles. The first-order valence-electron chi connectivity index (χ1n) is 11.6. The lowest BCUT2D eigenvalue weighted by Crippen LogP contribution is -2.31. The summed E-state index contributed by atoms with van der Waals surface area (Å²) in [5.41, 5.74) is -0.517. The molecule has 190 valence electrons. The smallest absolute Gasteiger partial charge is 0.258 e. The summed E-state index contributed by atoms with van der Waals surface area (Å²) in [7, 11) is 0. The van der Waals surface area contributed by atoms with Gasteiger partial charge in [-0.15, -0.1) is 0 Å². The molecule has 0 unspecified atom stereocenters. The minimum absolute atomic E-state index is 0.0697. The maximum atomic E-state index is 14.4. The summed E-state index contributed by atoms with van der Waals surface area (Å²) in [4.78, 5) is 22.6. The summed E-state index contributed by atoms with van der Waals surface area (Å²) < 4.78 is 60.5. The standard InChI is InChI=1S/C25H25F4N5O2/c26-17-11-20(28)23(21(29)12-17)33-24(35)16-14-30-25(31-15-16)32-18-5-6-22(19(27)13-18)36-10-4-9-34-7-2-1-3-8-34/h5-6,11-15H,1-4,7-10H2,(H,33,35)(H,30,31,32). The van der Waals surface area contributed by atoms with Crippen LogP contribution in [0.4, 0.5) is 34.9 Å². The fourth-order valence-electron chi connectivity index (χ4n) is 3.84. The monoisotopic (exact) mass is 503 g/mol. The zero-order valence-corrected chi connectivity index (χ0v) is 19.4. The van der Waals surface area contributed by atoms with Crippen molar-refractivity contribution in [3.8, 4) is 5.75 Å². The Morgan fingerprint density at radius 2 is 1.64 bits per heavy atom. The number of anilines is 3. The highest BCUT2D eigenvalue weighted by atomic mass is 19.1. The van der Waals surface area contributed by atoms with E-state index < -0.39 is 34.9 Å². The van der Waals surface area contributed by atoms with E-state index in [1.165, 1.54) is 31.4 Å². The number of hydrogen-bond acceptors (Lipinski definition) is 6. The number of hydrogen-bond donors (Lipinski definition) is 2. The molecule has 4 rings (SSSR count). The maximum absolute atomic E-state index is 14.4. The van der Waals surface area contributed by atoms with Crippen LogP contribution < -0.4 is 15.4 Å². The number of rotatable bonds is 9. The molecule has 1 aliphatic rings. The van der Waals surface area contributed by atoms with Gasteiger partial charge in [0.1, 0.15) is 11.5 Å². The third-order valence-corrected chi connectivity index (χ3v) is 5.67. The molecule has 1 amide bonds. The van der Waals surface area contributed by atoms with Crippen LogP contribution in [-0.4, -0.2) is 47.0 Å². The van der Waals surface area contributed by atoms with Crippen molar-refractivity contribution in [1.29, 1.82) is 0 Å². The molecule has 0 bridgehead atoms. The highest BCUT2D eigenvalue weighted by Crippen LogP contribution is 2.24. The van der Waals surface area contributed by atoms with Crippen LogP contribution in [0.2, 0.25) is 0 Å². The quantitative estimate of drug-likeness (QED) is 0.306. The number of piperidine rings is 1. The molecule has 0 spiro atoms. The molecule has 36 heavy (non-hydrogen) atoms. The van der Waals surface area contributed by atoms with Crippen molar-refractivity contribution in [1.82, 2.24) is 14.9 Å². The highest BCUT2D eigenvalue weighted by molar-refractivity contribution is 6.04. The van der Waals surface area contributed by atoms with Crippen molar-refractivity contribution >= 4 is 23.2 Å². The average molecular weight is 504 g/mol. The Balaban J connectivity index is 1.29. The summed E-state index contributed by atoms with van der Waals surface area (Å²) in [6.45, 7) is 3.56. The number of nitrogens with zero attached hydrogens (tertiary/aromatic N) is 3. The van der Waals surface area contributed by atoms with E-state index in [2.05, 4.69) is 20.2 Å². The van der Waals surface area contributed by atoms with Crippen molar-refractivity contribution in [2.45, 2.75) is 25.7 Å². The predicted octanol–water partition coefficient (Wildman–Crippen LogP) is 5.28. The minimum Gasteiger partial charge on any atom is -0.490 e. The molecule has 0 radical (unpaired) electrons. The largest absolute Gasteiger partial charge is 0.490 e. The van der Waals surface area contributed by atoms with E-state index in [0.29, 0.717) is 24.4 Å². The fraction of sp³-hybridized carbons (Fsp3) is 0.320. The van der Waals surface area contributed by atoms with Gasteiger partial charge in [0.15, 0.2) is 23.2 Å². The van der Waals surface area contributed by atoms with Crippen LogP contribution in [0.5, 0.6) is 5.75 Å². The van der Waals surface area contributed by atoms with Crippen LogP contribution in [0.1, 0.15) is 36.0 Å². The lowest BCUT2D eigenvalue weighted by molar-refractivity contribution is 0.102. The van der Waals surface area contributed by atoms with Gasteiger partial charge in [0.25, 0.3) is 5.91 Å². The average Bonchev–Trinajstić information content (AvgIpc) is 2.86. The van der Waals surface area contributed by atoms with Gasteiger partial charge in [-0.1, -0.05) is 6.42 Å². The topological polar surface area (TPSA) is 79.4 Å². The predicted molar refractivity (Wildman–Crippen MR) is 126 cm³/mol. The number of aromatic nitrogens is 2. The number of carbonyl (C=O) groups is 1. The van der Waals surface area contributed by atoms with Gasteiger partial charge in [0, 0.05) is 42.8 Å². The van der Waals surface area contributed by atoms with Crippen molar-refractivity contribution in [2.24, 2.45) is 0 Å². The lowest BCUT2D eigenvalue weighted by atomic mass is 10.1. The number of likely N-dealkylation sites (tertiary alicyclic amines) is 1. The van der Waals surface area contributed by atoms with Crippen molar-refractivity contribution in [3.05, 3.63) is 71.6 Å². The first-order chi connectivity index (χ1) is 17.4. The molecule has 2 heterocycles. The van der Waals surface area contributed by atoms with Crippen LogP contribution in [0.3, 0.4) is 0 Å². The molecule has 0 atom stereocenters. The van der Waals surface area contributed by atoms with Gasteiger partial charge in [-0.05, 0) is 44.5 Å². The van der Waals surface area contributed by atoms with E-state index in [0.717, 1.165) is 38.4 Å². The van der Waals surface area contributed by atoms with Gasteiger partial charge in [-0.2, -0.15) is 0 Å². The summed E-state index contributed by atoms with van der Waals surface area (Å²) in [5, 5.41) is 4.83. The molecule has 1 saturated heterocycles. The van der Waals surface area contributed by atoms with Crippen LogP contribution in [0, 0.1) is 23.3 Å². The van der Waals surface area contributed by atoms with Gasteiger partial charge in [-0.25, -0.2) is 27.5 Å². The van der Waals surface area contributed by atoms with Gasteiger partial charge in [0.2, 0.25) is 5.95 Å². The second-order valence-electron chi connectivity index (χ2n) is 8.37. The van der Waals surface area contributed by atoms with Gasteiger partial charge in [0.05, 0.1) is 12.2 Å². The SMILES string of the molecule is O=C(Nc1c(F)cc(F)cc1F)c1cnc(Nc2ccc(OCCCN3CCCCC3)c(F)c2)nc1. The molecular weight excluding hydrogens is 478 g/mol. The molecule has 3 aromatic rings. The Morgan fingerprint density at radius 3 is 2.31 bits per heavy atom. The Hall–Kier alpha value is -3.73. The van der Waals surface area contributed by atoms with E-state index in [4.69, 9.17) is 4.74 Å². The number of benzene rings is 2. The summed E-state index contributed by atoms with van der Waals surface area (Å²) in [6.07, 6.45) is 6.79. The first-order valence-corrected chi connectivity index (χ1v) is 11.6. The highest BCUT2D eigenvalue weighted by Gasteiger charge is 2.16. The Labute approximate surface area is 205 Å². The fourth-order valence-corrected chi connectivity index (χ4v) is 3.84. The maximum Gasteiger partial charge on any atom is 0.258 e. The Kier molecular flexibility index (Phi) is 8.32.